The molecule has 1 atom stereocenters. The number of nitrogens with one attached hydrogen (secondary N) is 2. The number of urea groups is 1. The summed E-state index contributed by atoms with van der Waals surface area (Å²) in [6.07, 6.45) is 2.22. The van der Waals surface area contributed by atoms with Crippen LogP contribution in [0.3, 0.4) is 0 Å². The molecule has 216 valence electrons. The minimum absolute atomic E-state index is 0. The van der Waals surface area contributed by atoms with E-state index in [1.807, 2.05) is 84.9 Å². The summed E-state index contributed by atoms with van der Waals surface area (Å²) in [6.45, 7) is 2.41. The van der Waals surface area contributed by atoms with Crippen LogP contribution < -0.4 is 15.4 Å². The molecule has 9 heteroatoms. The SMILES string of the molecule is COc1ccc(CN2C(=O)NC3(CCN(CC[C@H](NC(=O)Cc4ccccc4)c4ccccc4)CC3)C2=O)cc1.Cl. The Morgan fingerprint density at radius 1 is 0.927 bits per heavy atom. The predicted octanol–water partition coefficient (Wildman–Crippen LogP) is 4.49. The molecule has 2 fully saturated rings. The summed E-state index contributed by atoms with van der Waals surface area (Å²) in [7, 11) is 1.60. The quantitative estimate of drug-likeness (QED) is 0.347. The Labute approximate surface area is 247 Å². The lowest BCUT2D eigenvalue weighted by molar-refractivity contribution is -0.133. The first-order chi connectivity index (χ1) is 19.5. The van der Waals surface area contributed by atoms with Gasteiger partial charge in [0.05, 0.1) is 26.1 Å². The first-order valence-electron chi connectivity index (χ1n) is 13.8. The van der Waals surface area contributed by atoms with Crippen molar-refractivity contribution in [2.24, 2.45) is 0 Å². The highest BCUT2D eigenvalue weighted by Gasteiger charge is 2.52. The molecule has 0 unspecified atom stereocenters. The summed E-state index contributed by atoms with van der Waals surface area (Å²) in [6, 6.07) is 26.7. The zero-order valence-corrected chi connectivity index (χ0v) is 24.1. The Bertz CT molecular complexity index is 1310. The Morgan fingerprint density at radius 2 is 1.56 bits per heavy atom. The molecule has 2 heterocycles. The fourth-order valence-corrected chi connectivity index (χ4v) is 5.58. The van der Waals surface area contributed by atoms with Gasteiger partial charge in [-0.25, -0.2) is 4.79 Å². The van der Waals surface area contributed by atoms with Gasteiger partial charge in [-0.3, -0.25) is 14.5 Å². The Balaban J connectivity index is 0.00000387. The molecule has 2 aliphatic heterocycles. The standard InChI is InChI=1S/C32H36N4O4.ClH/c1-40-27-14-12-25(13-15-27)23-36-30(38)32(34-31(36)39)17-20-35(21-18-32)19-16-28(26-10-6-3-7-11-26)33-29(37)22-24-8-4-2-5-9-24;/h2-15,28H,16-23H2,1H3,(H,33,37)(H,34,39);1H/t28-;/m0./s1. The summed E-state index contributed by atoms with van der Waals surface area (Å²) in [5.74, 6) is 0.576. The van der Waals surface area contributed by atoms with Crippen LogP contribution in [0.5, 0.6) is 5.75 Å². The van der Waals surface area contributed by atoms with Crippen molar-refractivity contribution in [3.05, 3.63) is 102 Å². The average molecular weight is 577 g/mol. The number of rotatable bonds is 10. The molecular formula is C32H37ClN4O4. The van der Waals surface area contributed by atoms with Gasteiger partial charge < -0.3 is 20.3 Å². The molecule has 0 aliphatic carbocycles. The summed E-state index contributed by atoms with van der Waals surface area (Å²) in [5, 5.41) is 6.23. The van der Waals surface area contributed by atoms with Gasteiger partial charge in [0.1, 0.15) is 11.3 Å². The van der Waals surface area contributed by atoms with Crippen LogP contribution in [0.2, 0.25) is 0 Å². The van der Waals surface area contributed by atoms with Crippen molar-refractivity contribution in [1.82, 2.24) is 20.4 Å². The number of imide groups is 1. The van der Waals surface area contributed by atoms with Crippen LogP contribution in [-0.4, -0.2) is 59.9 Å². The van der Waals surface area contributed by atoms with E-state index in [0.29, 0.717) is 32.4 Å². The predicted molar refractivity (Wildman–Crippen MR) is 160 cm³/mol. The van der Waals surface area contributed by atoms with Crippen molar-refractivity contribution in [3.63, 3.8) is 0 Å². The van der Waals surface area contributed by atoms with Gasteiger partial charge in [-0.15, -0.1) is 12.4 Å². The van der Waals surface area contributed by atoms with Crippen LogP contribution in [0.1, 0.15) is 42.0 Å². The number of halogens is 1. The molecule has 2 saturated heterocycles. The van der Waals surface area contributed by atoms with Gasteiger partial charge in [0, 0.05) is 19.6 Å². The Hall–Kier alpha value is -3.88. The number of benzene rings is 3. The van der Waals surface area contributed by atoms with E-state index in [9.17, 15) is 14.4 Å². The third-order valence-electron chi connectivity index (χ3n) is 7.93. The number of ether oxygens (including phenoxy) is 1. The first kappa shape index (κ1) is 30.1. The lowest BCUT2D eigenvalue weighted by Gasteiger charge is -2.37. The van der Waals surface area contributed by atoms with Gasteiger partial charge in [-0.1, -0.05) is 72.8 Å². The highest BCUT2D eigenvalue weighted by molar-refractivity contribution is 6.07. The fraction of sp³-hybridized carbons (Fsp3) is 0.344. The maximum atomic E-state index is 13.4. The molecule has 0 radical (unpaired) electrons. The second-order valence-corrected chi connectivity index (χ2v) is 10.6. The lowest BCUT2D eigenvalue weighted by atomic mass is 9.87. The second kappa shape index (κ2) is 13.7. The van der Waals surface area contributed by atoms with Crippen molar-refractivity contribution in [2.75, 3.05) is 26.7 Å². The molecule has 0 saturated carbocycles. The molecule has 2 N–H and O–H groups in total. The molecule has 5 rings (SSSR count). The zero-order chi connectivity index (χ0) is 28.0. The number of likely N-dealkylation sites (tertiary alicyclic amines) is 1. The molecule has 0 bridgehead atoms. The molecule has 4 amide bonds. The lowest BCUT2D eigenvalue weighted by Crippen LogP contribution is -2.55. The van der Waals surface area contributed by atoms with E-state index in [1.54, 1.807) is 7.11 Å². The first-order valence-corrected chi connectivity index (χ1v) is 13.8. The maximum Gasteiger partial charge on any atom is 0.325 e. The zero-order valence-electron chi connectivity index (χ0n) is 23.3. The molecule has 41 heavy (non-hydrogen) atoms. The van der Waals surface area contributed by atoms with Crippen LogP contribution in [0.25, 0.3) is 0 Å². The number of amides is 4. The van der Waals surface area contributed by atoms with Gasteiger partial charge in [-0.05, 0) is 48.1 Å². The number of carbonyl (C=O) groups excluding carboxylic acids is 3. The molecule has 2 aliphatic rings. The van der Waals surface area contributed by atoms with Gasteiger partial charge in [0.15, 0.2) is 0 Å². The van der Waals surface area contributed by atoms with Crippen LogP contribution >= 0.6 is 12.4 Å². The average Bonchev–Trinajstić information content (AvgIpc) is 3.21. The van der Waals surface area contributed by atoms with Crippen LogP contribution in [-0.2, 0) is 22.6 Å². The van der Waals surface area contributed by atoms with E-state index in [0.717, 1.165) is 35.4 Å². The van der Waals surface area contributed by atoms with Crippen molar-refractivity contribution in [1.29, 1.82) is 0 Å². The number of hydrogen-bond donors (Lipinski definition) is 2. The third-order valence-corrected chi connectivity index (χ3v) is 7.93. The van der Waals surface area contributed by atoms with E-state index >= 15 is 0 Å². The van der Waals surface area contributed by atoms with Gasteiger partial charge in [0.25, 0.3) is 5.91 Å². The molecule has 8 nitrogen and oxygen atoms in total. The molecular weight excluding hydrogens is 540 g/mol. The van der Waals surface area contributed by atoms with Gasteiger partial charge in [-0.2, -0.15) is 0 Å². The van der Waals surface area contributed by atoms with Gasteiger partial charge in [0.2, 0.25) is 5.91 Å². The largest absolute Gasteiger partial charge is 0.497 e. The van der Waals surface area contributed by atoms with E-state index in [1.165, 1.54) is 4.90 Å². The summed E-state index contributed by atoms with van der Waals surface area (Å²) in [5.41, 5.74) is 2.09. The Morgan fingerprint density at radius 3 is 2.20 bits per heavy atom. The smallest absolute Gasteiger partial charge is 0.325 e. The topological polar surface area (TPSA) is 91.0 Å². The van der Waals surface area contributed by atoms with Crippen molar-refractivity contribution >= 4 is 30.3 Å². The minimum Gasteiger partial charge on any atom is -0.497 e. The summed E-state index contributed by atoms with van der Waals surface area (Å²) >= 11 is 0. The number of methoxy groups -OCH3 is 1. The van der Waals surface area contributed by atoms with Crippen molar-refractivity contribution in [2.45, 2.75) is 43.8 Å². The number of hydrogen-bond acceptors (Lipinski definition) is 5. The molecule has 1 spiro atoms. The van der Waals surface area contributed by atoms with Crippen LogP contribution in [0, 0.1) is 0 Å². The van der Waals surface area contributed by atoms with E-state index in [2.05, 4.69) is 15.5 Å². The molecule has 0 aromatic heterocycles. The number of carbonyl (C=O) groups is 3. The second-order valence-electron chi connectivity index (χ2n) is 10.6. The van der Waals surface area contributed by atoms with Gasteiger partial charge >= 0.3 is 6.03 Å². The van der Waals surface area contributed by atoms with E-state index < -0.39 is 5.54 Å². The maximum absolute atomic E-state index is 13.4. The van der Waals surface area contributed by atoms with Crippen LogP contribution in [0.15, 0.2) is 84.9 Å². The van der Waals surface area contributed by atoms with Crippen molar-refractivity contribution < 1.29 is 19.1 Å². The van der Waals surface area contributed by atoms with Crippen LogP contribution in [0.4, 0.5) is 4.79 Å². The highest BCUT2D eigenvalue weighted by Crippen LogP contribution is 2.31. The van der Waals surface area contributed by atoms with Crippen molar-refractivity contribution in [3.8, 4) is 5.75 Å². The minimum atomic E-state index is -0.844. The molecule has 3 aromatic rings. The highest BCUT2D eigenvalue weighted by atomic mass is 35.5. The summed E-state index contributed by atoms with van der Waals surface area (Å²) < 4.78 is 5.20. The molecule has 3 aromatic carbocycles. The normalized spacial score (nSPS) is 17.0. The van der Waals surface area contributed by atoms with E-state index in [-0.39, 0.29) is 42.8 Å². The third kappa shape index (κ3) is 7.26. The number of nitrogens with zero attached hydrogens (tertiary/aromatic N) is 2. The Kier molecular flexibility index (Phi) is 10.0. The fourth-order valence-electron chi connectivity index (χ4n) is 5.58. The summed E-state index contributed by atoms with van der Waals surface area (Å²) in [4.78, 5) is 42.7. The van der Waals surface area contributed by atoms with E-state index in [4.69, 9.17) is 4.74 Å². The monoisotopic (exact) mass is 576 g/mol. The number of piperidine rings is 1.